The van der Waals surface area contributed by atoms with Crippen LogP contribution in [0.1, 0.15) is 36.2 Å². The van der Waals surface area contributed by atoms with Crippen LogP contribution in [0.5, 0.6) is 0 Å². The summed E-state index contributed by atoms with van der Waals surface area (Å²) in [6, 6.07) is 0.261. The Balaban J connectivity index is 2.03. The largest absolute Gasteiger partial charge is 0.478 e. The van der Waals surface area contributed by atoms with Crippen LogP contribution in [0, 0.1) is 5.92 Å². The van der Waals surface area contributed by atoms with Gasteiger partial charge in [0.15, 0.2) is 0 Å². The first kappa shape index (κ1) is 11.4. The summed E-state index contributed by atoms with van der Waals surface area (Å²) in [6.07, 6.45) is 5.70. The number of hydrogen-bond donors (Lipinski definition) is 1. The number of carboxylic acid groups (broad SMARTS) is 1. The Hall–Kier alpha value is -1.69. The summed E-state index contributed by atoms with van der Waals surface area (Å²) in [5, 5.41) is 16.1. The van der Waals surface area contributed by atoms with Crippen molar-refractivity contribution in [2.75, 3.05) is 0 Å². The summed E-state index contributed by atoms with van der Waals surface area (Å²) in [5.74, 6) is -0.315. The van der Waals surface area contributed by atoms with Gasteiger partial charge in [-0.25, -0.2) is 9.78 Å². The molecule has 2 aromatic rings. The topological polar surface area (TPSA) is 68.0 Å². The average molecular weight is 263 g/mol. The Morgan fingerprint density at radius 3 is 2.94 bits per heavy atom. The van der Waals surface area contributed by atoms with Gasteiger partial charge in [-0.2, -0.15) is 5.10 Å². The molecule has 0 bridgehead atoms. The molecule has 1 saturated carbocycles. The quantitative estimate of drug-likeness (QED) is 0.920. The molecule has 1 aliphatic carbocycles. The minimum atomic E-state index is -0.950. The van der Waals surface area contributed by atoms with E-state index in [1.165, 1.54) is 24.2 Å². The zero-order valence-corrected chi connectivity index (χ0v) is 10.7. The fraction of sp³-hybridized carbons (Fsp3) is 0.417. The fourth-order valence-corrected chi connectivity index (χ4v) is 2.68. The molecule has 0 amide bonds. The lowest BCUT2D eigenvalue weighted by atomic mass is 10.2. The zero-order valence-electron chi connectivity index (χ0n) is 9.91. The highest BCUT2D eigenvalue weighted by molar-refractivity contribution is 7.13. The van der Waals surface area contributed by atoms with Crippen LogP contribution < -0.4 is 0 Å². The second kappa shape index (κ2) is 4.20. The van der Waals surface area contributed by atoms with Crippen molar-refractivity contribution in [2.45, 2.75) is 25.8 Å². The van der Waals surface area contributed by atoms with Gasteiger partial charge >= 0.3 is 5.97 Å². The molecular weight excluding hydrogens is 250 g/mol. The van der Waals surface area contributed by atoms with E-state index in [4.69, 9.17) is 0 Å². The van der Waals surface area contributed by atoms with E-state index in [-0.39, 0.29) is 11.6 Å². The van der Waals surface area contributed by atoms with E-state index in [0.29, 0.717) is 16.6 Å². The molecule has 5 nitrogen and oxygen atoms in total. The van der Waals surface area contributed by atoms with Gasteiger partial charge in [0.05, 0.1) is 6.04 Å². The molecule has 0 aliphatic heterocycles. The number of carboxylic acids is 1. The maximum atomic E-state index is 11.3. The Morgan fingerprint density at radius 1 is 1.61 bits per heavy atom. The van der Waals surface area contributed by atoms with Crippen LogP contribution in [0.4, 0.5) is 0 Å². The number of carbonyl (C=O) groups is 1. The minimum Gasteiger partial charge on any atom is -0.478 e. The lowest BCUT2D eigenvalue weighted by molar-refractivity contribution is 0.0697. The second-order valence-corrected chi connectivity index (χ2v) is 5.49. The van der Waals surface area contributed by atoms with Crippen LogP contribution in [0.15, 0.2) is 17.8 Å². The molecule has 2 aromatic heterocycles. The van der Waals surface area contributed by atoms with E-state index < -0.39 is 5.97 Å². The number of thiazole rings is 1. The van der Waals surface area contributed by atoms with Gasteiger partial charge in [-0.3, -0.25) is 4.68 Å². The van der Waals surface area contributed by atoms with Crippen LogP contribution in [0.3, 0.4) is 0 Å². The molecule has 6 heteroatoms. The molecular formula is C12H13N3O2S. The van der Waals surface area contributed by atoms with Crippen molar-refractivity contribution >= 4 is 17.3 Å². The van der Waals surface area contributed by atoms with Crippen LogP contribution in [-0.4, -0.2) is 25.8 Å². The van der Waals surface area contributed by atoms with E-state index >= 15 is 0 Å². The molecule has 1 N–H and O–H groups in total. The number of rotatable bonds is 4. The summed E-state index contributed by atoms with van der Waals surface area (Å²) in [5.41, 5.74) is 0.711. The summed E-state index contributed by atoms with van der Waals surface area (Å²) in [7, 11) is 0. The predicted octanol–water partition coefficient (Wildman–Crippen LogP) is 2.68. The Bertz CT molecular complexity index is 572. The SMILES string of the molecule is CC(C1CC1)n1cc(C(=O)O)c(-c2nccs2)n1. The Labute approximate surface area is 108 Å². The molecule has 1 fully saturated rings. The second-order valence-electron chi connectivity index (χ2n) is 4.59. The molecule has 0 radical (unpaired) electrons. The van der Waals surface area contributed by atoms with E-state index in [1.54, 1.807) is 17.1 Å². The first-order valence-corrected chi connectivity index (χ1v) is 6.77. The maximum Gasteiger partial charge on any atom is 0.339 e. The summed E-state index contributed by atoms with van der Waals surface area (Å²) < 4.78 is 1.78. The van der Waals surface area contributed by atoms with Crippen LogP contribution in [0.2, 0.25) is 0 Å². The Morgan fingerprint density at radius 2 is 2.39 bits per heavy atom. The molecule has 1 unspecified atom stereocenters. The van der Waals surface area contributed by atoms with Crippen molar-refractivity contribution in [2.24, 2.45) is 5.92 Å². The van der Waals surface area contributed by atoms with Gasteiger partial charge in [0.25, 0.3) is 0 Å². The van der Waals surface area contributed by atoms with Gasteiger partial charge in [0.2, 0.25) is 0 Å². The number of aromatic carboxylic acids is 1. The van der Waals surface area contributed by atoms with Crippen molar-refractivity contribution in [1.29, 1.82) is 0 Å². The molecule has 3 rings (SSSR count). The van der Waals surface area contributed by atoms with Crippen LogP contribution in [0.25, 0.3) is 10.7 Å². The van der Waals surface area contributed by atoms with E-state index in [9.17, 15) is 9.90 Å². The molecule has 0 saturated heterocycles. The van der Waals surface area contributed by atoms with Crippen molar-refractivity contribution in [3.63, 3.8) is 0 Å². The van der Waals surface area contributed by atoms with Crippen LogP contribution >= 0.6 is 11.3 Å². The third kappa shape index (κ3) is 1.92. The first-order valence-electron chi connectivity index (χ1n) is 5.89. The highest BCUT2D eigenvalue weighted by Crippen LogP contribution is 2.39. The van der Waals surface area contributed by atoms with Gasteiger partial charge in [-0.1, -0.05) is 0 Å². The minimum absolute atomic E-state index is 0.234. The Kier molecular flexibility index (Phi) is 2.66. The number of hydrogen-bond acceptors (Lipinski definition) is 4. The van der Waals surface area contributed by atoms with E-state index in [1.807, 2.05) is 5.38 Å². The summed E-state index contributed by atoms with van der Waals surface area (Å²) in [6.45, 7) is 2.09. The standard InChI is InChI=1S/C12H13N3O2S/c1-7(8-2-3-8)15-6-9(12(16)17)10(14-15)11-13-4-5-18-11/h4-8H,2-3H2,1H3,(H,16,17). The van der Waals surface area contributed by atoms with Crippen molar-refractivity contribution in [3.8, 4) is 10.7 Å². The third-order valence-corrected chi connectivity index (χ3v) is 4.10. The predicted molar refractivity (Wildman–Crippen MR) is 67.7 cm³/mol. The highest BCUT2D eigenvalue weighted by Gasteiger charge is 2.31. The normalized spacial score (nSPS) is 16.7. The molecule has 2 heterocycles. The molecule has 94 valence electrons. The molecule has 0 aromatic carbocycles. The smallest absolute Gasteiger partial charge is 0.339 e. The average Bonchev–Trinajstić information content (AvgIpc) is 2.90. The molecule has 18 heavy (non-hydrogen) atoms. The molecule has 1 atom stereocenters. The lowest BCUT2D eigenvalue weighted by Crippen LogP contribution is -2.07. The monoisotopic (exact) mass is 263 g/mol. The van der Waals surface area contributed by atoms with E-state index in [2.05, 4.69) is 17.0 Å². The van der Waals surface area contributed by atoms with Gasteiger partial charge in [-0.05, 0) is 25.7 Å². The maximum absolute atomic E-state index is 11.3. The van der Waals surface area contributed by atoms with Gasteiger partial charge < -0.3 is 5.11 Å². The fourth-order valence-electron chi connectivity index (χ4n) is 2.05. The zero-order chi connectivity index (χ0) is 12.7. The van der Waals surface area contributed by atoms with Gasteiger partial charge in [-0.15, -0.1) is 11.3 Å². The first-order chi connectivity index (χ1) is 8.66. The van der Waals surface area contributed by atoms with Crippen molar-refractivity contribution < 1.29 is 9.90 Å². The van der Waals surface area contributed by atoms with Gasteiger partial charge in [0, 0.05) is 17.8 Å². The number of aromatic nitrogens is 3. The molecule has 0 spiro atoms. The summed E-state index contributed by atoms with van der Waals surface area (Å²) in [4.78, 5) is 15.4. The van der Waals surface area contributed by atoms with Crippen LogP contribution in [-0.2, 0) is 0 Å². The van der Waals surface area contributed by atoms with Crippen molar-refractivity contribution in [3.05, 3.63) is 23.3 Å². The third-order valence-electron chi connectivity index (χ3n) is 3.32. The lowest BCUT2D eigenvalue weighted by Gasteiger charge is -2.09. The van der Waals surface area contributed by atoms with Crippen molar-refractivity contribution in [1.82, 2.24) is 14.8 Å². The highest BCUT2D eigenvalue weighted by atomic mass is 32.1. The summed E-state index contributed by atoms with van der Waals surface area (Å²) >= 11 is 1.41. The van der Waals surface area contributed by atoms with E-state index in [0.717, 1.165) is 0 Å². The van der Waals surface area contributed by atoms with Gasteiger partial charge in [0.1, 0.15) is 16.3 Å². The number of nitrogens with zero attached hydrogens (tertiary/aromatic N) is 3. The molecule has 1 aliphatic rings.